The Morgan fingerprint density at radius 2 is 2.12 bits per heavy atom. The number of hydrogen-bond acceptors (Lipinski definition) is 2. The van der Waals surface area contributed by atoms with Crippen molar-refractivity contribution in [3.8, 4) is 0 Å². The monoisotopic (exact) mass is 134 g/mol. The van der Waals surface area contributed by atoms with Crippen molar-refractivity contribution in [1.29, 1.82) is 0 Å². The number of carbonyl (C=O) groups excluding carboxylic acids is 1. The maximum atomic E-state index is 9.65. The van der Waals surface area contributed by atoms with Crippen LogP contribution in [0.15, 0.2) is 11.1 Å². The van der Waals surface area contributed by atoms with Gasteiger partial charge < -0.3 is 5.11 Å². The van der Waals surface area contributed by atoms with Gasteiger partial charge in [0.25, 0.3) is 0 Å². The molecule has 0 rings (SSSR count). The molecule has 0 aliphatic carbocycles. The van der Waals surface area contributed by atoms with Gasteiger partial charge in [-0.15, -0.1) is 0 Å². The minimum atomic E-state index is -1.22. The van der Waals surface area contributed by atoms with Crippen molar-refractivity contribution in [2.24, 2.45) is 0 Å². The van der Waals surface area contributed by atoms with E-state index in [9.17, 15) is 9.59 Å². The molecule has 0 atom stereocenters. The van der Waals surface area contributed by atoms with Gasteiger partial charge in [0, 0.05) is 6.08 Å². The van der Waals surface area contributed by atoms with Gasteiger partial charge in [-0.1, -0.05) is 11.6 Å². The maximum absolute atomic E-state index is 9.65. The van der Waals surface area contributed by atoms with Crippen LogP contribution in [0.25, 0.3) is 0 Å². The van der Waals surface area contributed by atoms with Crippen LogP contribution >= 0.6 is 11.6 Å². The molecule has 0 aromatic heterocycles. The first-order valence-corrected chi connectivity index (χ1v) is 2.10. The molecule has 0 aliphatic heterocycles. The van der Waals surface area contributed by atoms with Gasteiger partial charge in [0.2, 0.25) is 0 Å². The van der Waals surface area contributed by atoms with Crippen LogP contribution in [0.2, 0.25) is 0 Å². The summed E-state index contributed by atoms with van der Waals surface area (Å²) in [7, 11) is 0. The summed E-state index contributed by atoms with van der Waals surface area (Å²) in [5, 5.41) is 7.59. The minimum absolute atomic E-state index is 0.260. The predicted molar refractivity (Wildman–Crippen MR) is 27.6 cm³/mol. The Labute approximate surface area is 50.6 Å². The van der Waals surface area contributed by atoms with Gasteiger partial charge in [0.05, 0.1) is 5.03 Å². The summed E-state index contributed by atoms with van der Waals surface area (Å²) in [5.41, 5.74) is 0. The van der Waals surface area contributed by atoms with E-state index >= 15 is 0 Å². The van der Waals surface area contributed by atoms with Crippen LogP contribution in [0.5, 0.6) is 0 Å². The lowest BCUT2D eigenvalue weighted by Crippen LogP contribution is -1.88. The molecular weight excluding hydrogens is 131 g/mol. The van der Waals surface area contributed by atoms with E-state index in [1.807, 2.05) is 0 Å². The summed E-state index contributed by atoms with van der Waals surface area (Å²) in [4.78, 5) is 19.2. The molecule has 3 nitrogen and oxygen atoms in total. The molecule has 4 heteroatoms. The summed E-state index contributed by atoms with van der Waals surface area (Å²) < 4.78 is 0. The first-order chi connectivity index (χ1) is 3.66. The summed E-state index contributed by atoms with van der Waals surface area (Å²) in [6, 6.07) is 0. The van der Waals surface area contributed by atoms with Gasteiger partial charge in [-0.05, 0) is 0 Å². The number of halogens is 1. The third-order valence-electron chi connectivity index (χ3n) is 0.374. The van der Waals surface area contributed by atoms with E-state index in [0.29, 0.717) is 6.08 Å². The average Bonchev–Trinajstić information content (AvgIpc) is 1.65. The second-order valence-corrected chi connectivity index (χ2v) is 1.42. The molecule has 0 saturated carbocycles. The second kappa shape index (κ2) is 3.21. The summed E-state index contributed by atoms with van der Waals surface area (Å²) in [6.07, 6.45) is 0.879. The van der Waals surface area contributed by atoms with E-state index in [1.54, 1.807) is 0 Å². The van der Waals surface area contributed by atoms with Crippen molar-refractivity contribution in [2.45, 2.75) is 0 Å². The third-order valence-corrected chi connectivity index (χ3v) is 0.572. The van der Waals surface area contributed by atoms with Crippen LogP contribution in [0, 0.1) is 0 Å². The highest BCUT2D eigenvalue weighted by molar-refractivity contribution is 6.39. The first kappa shape index (κ1) is 7.17. The topological polar surface area (TPSA) is 54.4 Å². The zero-order chi connectivity index (χ0) is 6.57. The number of carbonyl (C=O) groups is 2. The molecule has 0 amide bonds. The van der Waals surface area contributed by atoms with E-state index in [-0.39, 0.29) is 11.3 Å². The Kier molecular flexibility index (Phi) is 2.88. The zero-order valence-electron chi connectivity index (χ0n) is 3.80. The summed E-state index contributed by atoms with van der Waals surface area (Å²) >= 11 is 4.97. The van der Waals surface area contributed by atoms with Crippen molar-refractivity contribution < 1.29 is 14.7 Å². The lowest BCUT2D eigenvalue weighted by Gasteiger charge is -1.76. The van der Waals surface area contributed by atoms with Crippen LogP contribution < -0.4 is 0 Å². The first-order valence-electron chi connectivity index (χ1n) is 1.72. The maximum Gasteiger partial charge on any atom is 0.329 e. The standard InChI is InChI=1S/C4H3ClO3/c5-3(2-6)1-4(7)8/h1-2H,(H,7,8). The molecule has 8 heavy (non-hydrogen) atoms. The fourth-order valence-electron chi connectivity index (χ4n) is 0.152. The molecule has 0 saturated heterocycles. The SMILES string of the molecule is O=CC(Cl)=CC(=O)O. The predicted octanol–water partition coefficient (Wildman–Crippen LogP) is 0.393. The van der Waals surface area contributed by atoms with E-state index in [1.165, 1.54) is 0 Å². The number of carboxylic acid groups (broad SMARTS) is 1. The van der Waals surface area contributed by atoms with Gasteiger partial charge in [-0.25, -0.2) is 4.79 Å². The van der Waals surface area contributed by atoms with Crippen LogP contribution in [0.4, 0.5) is 0 Å². The van der Waals surface area contributed by atoms with Crippen LogP contribution in [0.3, 0.4) is 0 Å². The Bertz CT molecular complexity index is 138. The van der Waals surface area contributed by atoms with Crippen molar-refractivity contribution in [3.63, 3.8) is 0 Å². The molecular formula is C4H3ClO3. The van der Waals surface area contributed by atoms with Gasteiger partial charge >= 0.3 is 5.97 Å². The largest absolute Gasteiger partial charge is 0.478 e. The molecule has 0 aromatic carbocycles. The molecule has 0 bridgehead atoms. The number of aliphatic carboxylic acids is 1. The molecule has 0 heterocycles. The third kappa shape index (κ3) is 3.36. The van der Waals surface area contributed by atoms with E-state index < -0.39 is 5.97 Å². The Hall–Kier alpha value is -0.830. The fourth-order valence-corrected chi connectivity index (χ4v) is 0.245. The molecule has 0 aliphatic rings. The number of carboxylic acids is 1. The molecule has 44 valence electrons. The highest BCUT2D eigenvalue weighted by Crippen LogP contribution is 1.93. The van der Waals surface area contributed by atoms with Gasteiger partial charge in [-0.2, -0.15) is 0 Å². The second-order valence-electron chi connectivity index (χ2n) is 0.985. The Morgan fingerprint density at radius 3 is 2.25 bits per heavy atom. The van der Waals surface area contributed by atoms with Gasteiger partial charge in [-0.3, -0.25) is 4.79 Å². The minimum Gasteiger partial charge on any atom is -0.478 e. The van der Waals surface area contributed by atoms with E-state index in [0.717, 1.165) is 0 Å². The highest BCUT2D eigenvalue weighted by atomic mass is 35.5. The van der Waals surface area contributed by atoms with Gasteiger partial charge in [0.1, 0.15) is 0 Å². The molecule has 0 aromatic rings. The normalized spacial score (nSPS) is 10.9. The molecule has 0 spiro atoms. The van der Waals surface area contributed by atoms with Crippen LogP contribution in [-0.4, -0.2) is 17.4 Å². The van der Waals surface area contributed by atoms with Gasteiger partial charge in [0.15, 0.2) is 6.29 Å². The number of aldehydes is 1. The number of rotatable bonds is 2. The molecule has 0 fully saturated rings. The number of hydrogen-bond donors (Lipinski definition) is 1. The summed E-state index contributed by atoms with van der Waals surface area (Å²) in [5.74, 6) is -1.22. The van der Waals surface area contributed by atoms with E-state index in [4.69, 9.17) is 16.7 Å². The lowest BCUT2D eigenvalue weighted by atomic mass is 10.5. The highest BCUT2D eigenvalue weighted by Gasteiger charge is 1.91. The lowest BCUT2D eigenvalue weighted by molar-refractivity contribution is -0.131. The quantitative estimate of drug-likeness (QED) is 0.439. The summed E-state index contributed by atoms with van der Waals surface area (Å²) in [6.45, 7) is 0. The fraction of sp³-hybridized carbons (Fsp3) is 0. The van der Waals surface area contributed by atoms with Crippen LogP contribution in [-0.2, 0) is 9.59 Å². The van der Waals surface area contributed by atoms with Crippen molar-refractivity contribution in [1.82, 2.24) is 0 Å². The van der Waals surface area contributed by atoms with Crippen molar-refractivity contribution in [3.05, 3.63) is 11.1 Å². The Balaban J connectivity index is 3.94. The Morgan fingerprint density at radius 1 is 1.62 bits per heavy atom. The molecule has 1 N–H and O–H groups in total. The number of allylic oxidation sites excluding steroid dienone is 1. The zero-order valence-corrected chi connectivity index (χ0v) is 4.55. The average molecular weight is 135 g/mol. The van der Waals surface area contributed by atoms with Crippen molar-refractivity contribution >= 4 is 23.9 Å². The van der Waals surface area contributed by atoms with Crippen LogP contribution in [0.1, 0.15) is 0 Å². The van der Waals surface area contributed by atoms with E-state index in [2.05, 4.69) is 0 Å². The molecule has 0 radical (unpaired) electrons. The van der Waals surface area contributed by atoms with Crippen molar-refractivity contribution in [2.75, 3.05) is 0 Å². The molecule has 0 unspecified atom stereocenters. The smallest absolute Gasteiger partial charge is 0.329 e.